The molecule has 0 aromatic heterocycles. The molecule has 0 amide bonds. The number of anilines is 1. The molecule has 1 saturated carbocycles. The van der Waals surface area contributed by atoms with Crippen LogP contribution in [0, 0.1) is 37.0 Å². The van der Waals surface area contributed by atoms with Crippen LogP contribution in [0.3, 0.4) is 0 Å². The molecule has 0 unspecified atom stereocenters. The molecule has 2 heterocycles. The average molecular weight is 439 g/mol. The fraction of sp³-hybridized carbons (Fsp3) is 0.667. The highest BCUT2D eigenvalue weighted by Crippen LogP contribution is 2.56. The summed E-state index contributed by atoms with van der Waals surface area (Å²) < 4.78 is 5.86. The second kappa shape index (κ2) is 8.18. The highest BCUT2D eigenvalue weighted by Gasteiger charge is 2.59. The Morgan fingerprint density at radius 3 is 2.62 bits per heavy atom. The van der Waals surface area contributed by atoms with Crippen molar-refractivity contribution in [1.82, 2.24) is 4.90 Å². The molecule has 3 fully saturated rings. The number of carbonyl (C=O) groups excluding carboxylic acids is 1. The molecule has 2 aliphatic carbocycles. The number of rotatable bonds is 3. The van der Waals surface area contributed by atoms with Crippen LogP contribution in [-0.2, 0) is 9.53 Å². The first-order valence-electron chi connectivity index (χ1n) is 12.4. The van der Waals surface area contributed by atoms with Gasteiger partial charge in [-0.05, 0) is 55.9 Å². The molecular formula is C27H38N2O3. The zero-order valence-corrected chi connectivity index (χ0v) is 20.0. The van der Waals surface area contributed by atoms with Gasteiger partial charge < -0.3 is 14.7 Å². The third-order valence-corrected chi connectivity index (χ3v) is 9.25. The third-order valence-electron chi connectivity index (χ3n) is 9.25. The Bertz CT molecular complexity index is 919. The van der Waals surface area contributed by atoms with Crippen LogP contribution >= 0.6 is 0 Å². The Morgan fingerprint density at radius 1 is 1.16 bits per heavy atom. The van der Waals surface area contributed by atoms with Gasteiger partial charge in [-0.2, -0.15) is 0 Å². The van der Waals surface area contributed by atoms with Gasteiger partial charge in [-0.3, -0.25) is 9.69 Å². The summed E-state index contributed by atoms with van der Waals surface area (Å²) in [6.07, 6.45) is 4.59. The van der Waals surface area contributed by atoms with E-state index in [-0.39, 0.29) is 29.3 Å². The second-order valence-electron chi connectivity index (χ2n) is 10.9. The van der Waals surface area contributed by atoms with Gasteiger partial charge in [0.2, 0.25) is 0 Å². The van der Waals surface area contributed by atoms with Gasteiger partial charge in [0.1, 0.15) is 6.10 Å². The van der Waals surface area contributed by atoms with Crippen LogP contribution in [-0.4, -0.2) is 60.9 Å². The van der Waals surface area contributed by atoms with Crippen LogP contribution in [0.5, 0.6) is 0 Å². The van der Waals surface area contributed by atoms with E-state index in [1.54, 1.807) is 0 Å². The highest BCUT2D eigenvalue weighted by molar-refractivity contribution is 5.76. The molecule has 0 radical (unpaired) electrons. The predicted molar refractivity (Wildman–Crippen MR) is 127 cm³/mol. The molecule has 1 aromatic rings. The molecule has 0 spiro atoms. The highest BCUT2D eigenvalue weighted by atomic mass is 16.6. The van der Waals surface area contributed by atoms with Crippen molar-refractivity contribution in [2.24, 2.45) is 23.2 Å². The van der Waals surface area contributed by atoms with Crippen molar-refractivity contribution in [3.8, 4) is 0 Å². The summed E-state index contributed by atoms with van der Waals surface area (Å²) in [5, 5.41) is 11.6. The quantitative estimate of drug-likeness (QED) is 0.576. The van der Waals surface area contributed by atoms with Gasteiger partial charge >= 0.3 is 5.97 Å². The number of aliphatic hydroxyl groups excluding tert-OH is 1. The summed E-state index contributed by atoms with van der Waals surface area (Å²) in [5.41, 5.74) is 5.02. The minimum Gasteiger partial charge on any atom is -0.461 e. The van der Waals surface area contributed by atoms with Crippen molar-refractivity contribution >= 4 is 11.7 Å². The molecule has 174 valence electrons. The van der Waals surface area contributed by atoms with Crippen LogP contribution in [0.4, 0.5) is 5.69 Å². The number of hydrogen-bond acceptors (Lipinski definition) is 5. The van der Waals surface area contributed by atoms with Crippen molar-refractivity contribution in [2.75, 3.05) is 37.6 Å². The lowest BCUT2D eigenvalue weighted by Crippen LogP contribution is -2.55. The van der Waals surface area contributed by atoms with Gasteiger partial charge in [0.05, 0.1) is 12.0 Å². The molecule has 6 atom stereocenters. The first-order valence-corrected chi connectivity index (χ1v) is 12.4. The Morgan fingerprint density at radius 2 is 1.91 bits per heavy atom. The zero-order chi connectivity index (χ0) is 22.6. The van der Waals surface area contributed by atoms with E-state index in [1.165, 1.54) is 22.4 Å². The largest absolute Gasteiger partial charge is 0.461 e. The molecule has 5 heteroatoms. The molecule has 4 aliphatic rings. The lowest BCUT2D eigenvalue weighted by Gasteiger charge is -2.52. The van der Waals surface area contributed by atoms with Gasteiger partial charge in [-0.15, -0.1) is 0 Å². The summed E-state index contributed by atoms with van der Waals surface area (Å²) >= 11 is 0. The summed E-state index contributed by atoms with van der Waals surface area (Å²) in [6, 6.07) is 6.69. The maximum Gasteiger partial charge on any atom is 0.311 e. The molecule has 1 N–H and O–H groups in total. The number of carbonyl (C=O) groups is 1. The van der Waals surface area contributed by atoms with E-state index in [0.29, 0.717) is 12.5 Å². The van der Waals surface area contributed by atoms with E-state index in [0.717, 1.165) is 45.4 Å². The molecule has 2 aliphatic heterocycles. The summed E-state index contributed by atoms with van der Waals surface area (Å²) in [7, 11) is 0. The standard InChI is InChI=1S/C27H38N2O3/c1-17-8-9-21(14-18(17)2)29-12-10-28(11-13-29)16-22-24-23(32-26(22)31)15-20-7-5-6-19(3)27(20,4)25(24)30/h7-9,14,19,22-25,30H,5-6,10-13,15-16H2,1-4H3/t19-,22+,23-,24-,25-,27-/m1/s1. The van der Waals surface area contributed by atoms with Crippen molar-refractivity contribution < 1.29 is 14.6 Å². The minimum absolute atomic E-state index is 0.0945. The molecular weight excluding hydrogens is 400 g/mol. The fourth-order valence-corrected chi connectivity index (χ4v) is 6.66. The second-order valence-corrected chi connectivity index (χ2v) is 10.9. The zero-order valence-electron chi connectivity index (χ0n) is 20.0. The maximum atomic E-state index is 12.9. The number of piperazine rings is 1. The Kier molecular flexibility index (Phi) is 5.61. The first-order chi connectivity index (χ1) is 15.3. The molecule has 32 heavy (non-hydrogen) atoms. The van der Waals surface area contributed by atoms with Crippen LogP contribution < -0.4 is 4.90 Å². The van der Waals surface area contributed by atoms with Crippen molar-refractivity contribution in [2.45, 2.75) is 59.2 Å². The van der Waals surface area contributed by atoms with Crippen LogP contribution in [0.15, 0.2) is 29.8 Å². The van der Waals surface area contributed by atoms with Crippen LogP contribution in [0.2, 0.25) is 0 Å². The molecule has 5 rings (SSSR count). The first kappa shape index (κ1) is 22.0. The lowest BCUT2D eigenvalue weighted by atomic mass is 9.55. The van der Waals surface area contributed by atoms with Crippen molar-refractivity contribution in [3.05, 3.63) is 41.0 Å². The number of hydrogen-bond donors (Lipinski definition) is 1. The van der Waals surface area contributed by atoms with Gasteiger partial charge in [0.25, 0.3) is 0 Å². The number of aliphatic hydroxyl groups is 1. The molecule has 1 aromatic carbocycles. The van der Waals surface area contributed by atoms with E-state index in [2.05, 4.69) is 61.8 Å². The number of nitrogens with zero attached hydrogens (tertiary/aromatic N) is 2. The summed E-state index contributed by atoms with van der Waals surface area (Å²) in [6.45, 7) is 13.3. The van der Waals surface area contributed by atoms with E-state index in [9.17, 15) is 9.90 Å². The topological polar surface area (TPSA) is 53.0 Å². The number of ether oxygens (including phenoxy) is 1. The van der Waals surface area contributed by atoms with Crippen molar-refractivity contribution in [3.63, 3.8) is 0 Å². The molecule has 5 nitrogen and oxygen atoms in total. The Hall–Kier alpha value is -1.85. The Labute approximate surface area is 192 Å². The summed E-state index contributed by atoms with van der Waals surface area (Å²) in [4.78, 5) is 17.8. The number of allylic oxidation sites excluding steroid dienone is 1. The lowest BCUT2D eigenvalue weighted by molar-refractivity contribution is -0.145. The third kappa shape index (κ3) is 3.49. The number of aryl methyl sites for hydroxylation is 2. The van der Waals surface area contributed by atoms with E-state index in [1.807, 2.05) is 0 Å². The molecule has 0 bridgehead atoms. The van der Waals surface area contributed by atoms with Gasteiger partial charge in [-0.25, -0.2) is 0 Å². The molecule has 2 saturated heterocycles. The minimum atomic E-state index is -0.518. The van der Waals surface area contributed by atoms with E-state index < -0.39 is 6.10 Å². The Balaban J connectivity index is 1.27. The fourth-order valence-electron chi connectivity index (χ4n) is 6.66. The van der Waals surface area contributed by atoms with Gasteiger partial charge in [0, 0.05) is 56.2 Å². The number of fused-ring (bicyclic) bond motifs is 2. The smallest absolute Gasteiger partial charge is 0.311 e. The van der Waals surface area contributed by atoms with Crippen LogP contribution in [0.25, 0.3) is 0 Å². The van der Waals surface area contributed by atoms with Gasteiger partial charge in [-0.1, -0.05) is 31.6 Å². The van der Waals surface area contributed by atoms with E-state index >= 15 is 0 Å². The van der Waals surface area contributed by atoms with Gasteiger partial charge in [0.15, 0.2) is 0 Å². The van der Waals surface area contributed by atoms with Crippen molar-refractivity contribution in [1.29, 1.82) is 0 Å². The average Bonchev–Trinajstić information content (AvgIpc) is 3.08. The summed E-state index contributed by atoms with van der Waals surface area (Å²) in [5.74, 6) is 0.00102. The monoisotopic (exact) mass is 438 g/mol. The maximum absolute atomic E-state index is 12.9. The van der Waals surface area contributed by atoms with Crippen LogP contribution in [0.1, 0.15) is 44.2 Å². The number of benzene rings is 1. The predicted octanol–water partition coefficient (Wildman–Crippen LogP) is 3.71. The normalized spacial score (nSPS) is 37.5. The van der Waals surface area contributed by atoms with E-state index in [4.69, 9.17) is 4.74 Å². The number of esters is 1. The SMILES string of the molecule is Cc1ccc(N2CCN(C[C@@H]3C(=O)O[C@@H]4CC5=CCC[C@@H](C)[C@@]5(C)[C@H](O)[C@H]34)CC2)cc1C.